The summed E-state index contributed by atoms with van der Waals surface area (Å²) in [5, 5.41) is 10.7. The summed E-state index contributed by atoms with van der Waals surface area (Å²) in [7, 11) is 1.76. The fraction of sp³-hybridized carbons (Fsp3) is 0.533. The van der Waals surface area contributed by atoms with Gasteiger partial charge in [0.2, 0.25) is 5.91 Å². The van der Waals surface area contributed by atoms with E-state index in [0.29, 0.717) is 25.9 Å². The maximum absolute atomic E-state index is 12.1. The van der Waals surface area contributed by atoms with Gasteiger partial charge < -0.3 is 10.6 Å². The predicted molar refractivity (Wildman–Crippen MR) is 81.9 cm³/mol. The van der Waals surface area contributed by atoms with Crippen LogP contribution in [-0.4, -0.2) is 35.9 Å². The van der Waals surface area contributed by atoms with Gasteiger partial charge >= 0.3 is 0 Å². The van der Waals surface area contributed by atoms with Crippen molar-refractivity contribution in [1.29, 1.82) is 0 Å². The molecule has 0 aliphatic carbocycles. The van der Waals surface area contributed by atoms with E-state index in [0.717, 1.165) is 5.56 Å². The highest BCUT2D eigenvalue weighted by Gasteiger charge is 2.21. The van der Waals surface area contributed by atoms with Crippen molar-refractivity contribution in [1.82, 2.24) is 4.90 Å². The zero-order chi connectivity index (χ0) is 16.0. The molecule has 6 nitrogen and oxygen atoms in total. The monoisotopic (exact) mass is 293 g/mol. The van der Waals surface area contributed by atoms with Crippen molar-refractivity contribution in [2.75, 3.05) is 20.1 Å². The number of carbonyl (C=O) groups excluding carboxylic acids is 1. The molecule has 21 heavy (non-hydrogen) atoms. The van der Waals surface area contributed by atoms with Crippen LogP contribution < -0.4 is 5.73 Å². The number of nitro groups is 1. The Hall–Kier alpha value is -1.95. The normalized spacial score (nSPS) is 11.2. The maximum Gasteiger partial charge on any atom is 0.269 e. The first-order valence-electron chi connectivity index (χ1n) is 6.92. The molecule has 0 saturated carbocycles. The molecule has 1 rings (SSSR count). The number of carbonyl (C=O) groups is 1. The Morgan fingerprint density at radius 3 is 2.67 bits per heavy atom. The van der Waals surface area contributed by atoms with Crippen molar-refractivity contribution in [3.63, 3.8) is 0 Å². The molecule has 0 aliphatic rings. The maximum atomic E-state index is 12.1. The number of benzene rings is 1. The van der Waals surface area contributed by atoms with E-state index in [1.165, 1.54) is 12.1 Å². The summed E-state index contributed by atoms with van der Waals surface area (Å²) < 4.78 is 0. The van der Waals surface area contributed by atoms with Crippen LogP contribution in [0, 0.1) is 15.5 Å². The Morgan fingerprint density at radius 1 is 1.43 bits per heavy atom. The van der Waals surface area contributed by atoms with Gasteiger partial charge in [-0.2, -0.15) is 0 Å². The minimum Gasteiger partial charge on any atom is -0.345 e. The Kier molecular flexibility index (Phi) is 5.84. The van der Waals surface area contributed by atoms with Crippen LogP contribution in [-0.2, 0) is 11.2 Å². The number of non-ortho nitro benzene ring substituents is 1. The molecular formula is C15H23N3O3. The smallest absolute Gasteiger partial charge is 0.269 e. The van der Waals surface area contributed by atoms with E-state index in [9.17, 15) is 14.9 Å². The molecule has 0 aliphatic heterocycles. The van der Waals surface area contributed by atoms with Crippen LogP contribution in [0.2, 0.25) is 0 Å². The van der Waals surface area contributed by atoms with E-state index in [1.54, 1.807) is 24.1 Å². The standard InChI is InChI=1S/C15H23N3O3/c1-15(2,10-16)11-17(3)14(19)8-7-12-5-4-6-13(9-12)18(20)21/h4-6,9H,7-8,10-11,16H2,1-3H3. The van der Waals surface area contributed by atoms with Crippen LogP contribution in [0.4, 0.5) is 5.69 Å². The second-order valence-corrected chi connectivity index (χ2v) is 6.05. The molecule has 0 aromatic heterocycles. The van der Waals surface area contributed by atoms with Gasteiger partial charge in [-0.05, 0) is 23.9 Å². The number of nitro benzene ring substituents is 1. The third-order valence-corrected chi connectivity index (χ3v) is 3.39. The summed E-state index contributed by atoms with van der Waals surface area (Å²) >= 11 is 0. The van der Waals surface area contributed by atoms with Gasteiger partial charge in [-0.15, -0.1) is 0 Å². The van der Waals surface area contributed by atoms with E-state index in [4.69, 9.17) is 5.73 Å². The topological polar surface area (TPSA) is 89.5 Å². The van der Waals surface area contributed by atoms with Crippen molar-refractivity contribution < 1.29 is 9.72 Å². The van der Waals surface area contributed by atoms with Gasteiger partial charge in [0.1, 0.15) is 0 Å². The Morgan fingerprint density at radius 2 is 2.10 bits per heavy atom. The molecule has 0 heterocycles. The molecule has 6 heteroatoms. The van der Waals surface area contributed by atoms with Crippen LogP contribution >= 0.6 is 0 Å². The minimum absolute atomic E-state index is 0.0167. The Balaban J connectivity index is 2.56. The highest BCUT2D eigenvalue weighted by atomic mass is 16.6. The summed E-state index contributed by atoms with van der Waals surface area (Å²) in [6.07, 6.45) is 0.826. The number of nitrogens with two attached hydrogens (primary N) is 1. The number of aryl methyl sites for hydroxylation is 1. The highest BCUT2D eigenvalue weighted by molar-refractivity contribution is 5.76. The number of rotatable bonds is 7. The van der Waals surface area contributed by atoms with Gasteiger partial charge in [0.05, 0.1) is 4.92 Å². The van der Waals surface area contributed by atoms with Crippen LogP contribution in [0.3, 0.4) is 0 Å². The van der Waals surface area contributed by atoms with Gasteiger partial charge in [-0.3, -0.25) is 14.9 Å². The fourth-order valence-electron chi connectivity index (χ4n) is 2.06. The first-order chi connectivity index (χ1) is 9.75. The third kappa shape index (κ3) is 5.51. The van der Waals surface area contributed by atoms with Crippen LogP contribution in [0.1, 0.15) is 25.8 Å². The summed E-state index contributed by atoms with van der Waals surface area (Å²) in [6.45, 7) is 5.13. The predicted octanol–water partition coefficient (Wildman–Crippen LogP) is 1.97. The fourth-order valence-corrected chi connectivity index (χ4v) is 2.06. The highest BCUT2D eigenvalue weighted by Crippen LogP contribution is 2.17. The molecule has 0 fully saturated rings. The van der Waals surface area contributed by atoms with Crippen LogP contribution in [0.5, 0.6) is 0 Å². The number of amides is 1. The quantitative estimate of drug-likeness (QED) is 0.614. The second-order valence-electron chi connectivity index (χ2n) is 6.05. The van der Waals surface area contributed by atoms with Crippen molar-refractivity contribution in [3.8, 4) is 0 Å². The summed E-state index contributed by atoms with van der Waals surface area (Å²) in [5.74, 6) is 0.0167. The summed E-state index contributed by atoms with van der Waals surface area (Å²) in [5.41, 5.74) is 6.40. The molecule has 0 unspecified atom stereocenters. The average molecular weight is 293 g/mol. The molecular weight excluding hydrogens is 270 g/mol. The van der Waals surface area contributed by atoms with Gasteiger partial charge in [0.15, 0.2) is 0 Å². The van der Waals surface area contributed by atoms with Gasteiger partial charge in [0, 0.05) is 32.1 Å². The van der Waals surface area contributed by atoms with E-state index in [-0.39, 0.29) is 17.0 Å². The number of nitrogens with zero attached hydrogens (tertiary/aromatic N) is 2. The molecule has 1 amide bonds. The molecule has 2 N–H and O–H groups in total. The van der Waals surface area contributed by atoms with Crippen molar-refractivity contribution in [2.24, 2.45) is 11.1 Å². The lowest BCUT2D eigenvalue weighted by molar-refractivity contribution is -0.384. The third-order valence-electron chi connectivity index (χ3n) is 3.39. The first-order valence-corrected chi connectivity index (χ1v) is 6.92. The molecule has 0 spiro atoms. The summed E-state index contributed by atoms with van der Waals surface area (Å²) in [6, 6.07) is 6.39. The largest absolute Gasteiger partial charge is 0.345 e. The Labute approximate surface area is 125 Å². The Bertz CT molecular complexity index is 515. The van der Waals surface area contributed by atoms with Crippen LogP contribution in [0.15, 0.2) is 24.3 Å². The van der Waals surface area contributed by atoms with Gasteiger partial charge in [-0.1, -0.05) is 26.0 Å². The van der Waals surface area contributed by atoms with Gasteiger partial charge in [0.25, 0.3) is 5.69 Å². The van der Waals surface area contributed by atoms with E-state index < -0.39 is 4.92 Å². The molecule has 1 aromatic carbocycles. The lowest BCUT2D eigenvalue weighted by Crippen LogP contribution is -2.39. The van der Waals surface area contributed by atoms with Crippen molar-refractivity contribution in [3.05, 3.63) is 39.9 Å². The average Bonchev–Trinajstić information content (AvgIpc) is 2.44. The van der Waals surface area contributed by atoms with Crippen LogP contribution in [0.25, 0.3) is 0 Å². The zero-order valence-corrected chi connectivity index (χ0v) is 12.8. The van der Waals surface area contributed by atoms with E-state index in [1.807, 2.05) is 13.8 Å². The lowest BCUT2D eigenvalue weighted by atomic mass is 9.93. The molecule has 0 bridgehead atoms. The van der Waals surface area contributed by atoms with E-state index >= 15 is 0 Å². The van der Waals surface area contributed by atoms with Gasteiger partial charge in [-0.25, -0.2) is 0 Å². The SMILES string of the molecule is CN(CC(C)(C)CN)C(=O)CCc1cccc([N+](=O)[O-])c1. The van der Waals surface area contributed by atoms with E-state index in [2.05, 4.69) is 0 Å². The molecule has 1 aromatic rings. The number of hydrogen-bond acceptors (Lipinski definition) is 4. The van der Waals surface area contributed by atoms with Crippen molar-refractivity contribution >= 4 is 11.6 Å². The van der Waals surface area contributed by atoms with Crippen molar-refractivity contribution in [2.45, 2.75) is 26.7 Å². The minimum atomic E-state index is -0.429. The molecule has 0 saturated heterocycles. The number of hydrogen-bond donors (Lipinski definition) is 1. The second kappa shape index (κ2) is 7.17. The molecule has 116 valence electrons. The lowest BCUT2D eigenvalue weighted by Gasteiger charge is -2.29. The zero-order valence-electron chi connectivity index (χ0n) is 12.8. The molecule has 0 radical (unpaired) electrons. The summed E-state index contributed by atoms with van der Waals surface area (Å²) in [4.78, 5) is 24.0. The molecule has 0 atom stereocenters. The first kappa shape index (κ1) is 17.1.